The third-order valence-corrected chi connectivity index (χ3v) is 7.66. The number of aromatic nitrogens is 1. The summed E-state index contributed by atoms with van der Waals surface area (Å²) in [6.07, 6.45) is -0.133. The smallest absolute Gasteiger partial charge is 0.322 e. The molecule has 10 heteroatoms. The van der Waals surface area contributed by atoms with E-state index in [4.69, 9.17) is 10.8 Å². The Hall–Kier alpha value is -3.01. The normalized spacial score (nSPS) is 13.4. The van der Waals surface area contributed by atoms with Gasteiger partial charge < -0.3 is 16.2 Å². The van der Waals surface area contributed by atoms with E-state index in [1.165, 1.54) is 30.3 Å². The molecule has 0 aliphatic heterocycles. The number of hydrogen-bond donors (Lipinski definition) is 3. The molecule has 0 aliphatic carbocycles. The molecule has 3 aromatic rings. The Bertz CT molecular complexity index is 1290. The van der Waals surface area contributed by atoms with Gasteiger partial charge in [0, 0.05) is 6.42 Å². The van der Waals surface area contributed by atoms with Crippen LogP contribution in [0.4, 0.5) is 10.2 Å². The van der Waals surface area contributed by atoms with Crippen molar-refractivity contribution in [2.24, 2.45) is 5.73 Å². The van der Waals surface area contributed by atoms with E-state index in [0.29, 0.717) is 5.56 Å². The summed E-state index contributed by atoms with van der Waals surface area (Å²) >= 11 is 0. The average molecular weight is 522 g/mol. The van der Waals surface area contributed by atoms with E-state index in [1.54, 1.807) is 0 Å². The predicted molar refractivity (Wildman–Crippen MR) is 136 cm³/mol. The lowest BCUT2D eigenvalue weighted by Gasteiger charge is -2.30. The first-order chi connectivity index (χ1) is 15.8. The van der Waals surface area contributed by atoms with Gasteiger partial charge >= 0.3 is 5.97 Å². The zero-order valence-corrected chi connectivity index (χ0v) is 21.3. The summed E-state index contributed by atoms with van der Waals surface area (Å²) in [6.45, 7) is 5.81. The first-order valence-corrected chi connectivity index (χ1v) is 12.1. The number of hydrogen-bond acceptors (Lipinski definition) is 6. The SMILES string of the molecule is CC(C)(C)c1ccc(CC(N)(c2cccc(NCC(=O)O)n2)S(=O)(=O)c2cccc(F)c2)cc1.Cl. The molecule has 0 bridgehead atoms. The lowest BCUT2D eigenvalue weighted by molar-refractivity contribution is -0.134. The first kappa shape index (κ1) is 28.2. The van der Waals surface area contributed by atoms with Crippen LogP contribution in [-0.2, 0) is 31.3 Å². The summed E-state index contributed by atoms with van der Waals surface area (Å²) in [4.78, 5) is 12.9. The highest BCUT2D eigenvalue weighted by atomic mass is 35.5. The number of nitrogens with one attached hydrogen (secondary N) is 1. The Morgan fingerprint density at radius 2 is 1.69 bits per heavy atom. The maximum absolute atomic E-state index is 13.9. The third kappa shape index (κ3) is 6.36. The van der Waals surface area contributed by atoms with Crippen molar-refractivity contribution in [3.8, 4) is 0 Å². The maximum atomic E-state index is 13.9. The molecule has 0 radical (unpaired) electrons. The van der Waals surface area contributed by atoms with E-state index in [2.05, 4.69) is 31.1 Å². The third-order valence-electron chi connectivity index (χ3n) is 5.48. The highest BCUT2D eigenvalue weighted by Crippen LogP contribution is 2.35. The second-order valence-corrected chi connectivity index (χ2v) is 11.3. The standard InChI is InChI=1S/C25H28FN3O4S.ClH/c1-24(2,3)18-12-10-17(11-13-18)15-25(27,34(32,33)20-7-4-6-19(26)14-20)21-8-5-9-22(29-21)28-16-23(30)31;/h4-14H,15-16,27H2,1-3H3,(H,28,29)(H,30,31);1H. The van der Waals surface area contributed by atoms with Crippen LogP contribution in [0.15, 0.2) is 71.6 Å². The second kappa shape index (κ2) is 10.7. The van der Waals surface area contributed by atoms with Crippen molar-refractivity contribution in [2.75, 3.05) is 11.9 Å². The molecule has 0 saturated heterocycles. The Labute approximate surface area is 210 Å². The number of carboxylic acids is 1. The lowest BCUT2D eigenvalue weighted by atomic mass is 9.86. The molecule has 0 fully saturated rings. The topological polar surface area (TPSA) is 122 Å². The summed E-state index contributed by atoms with van der Waals surface area (Å²) < 4.78 is 41.5. The lowest BCUT2D eigenvalue weighted by Crippen LogP contribution is -2.47. The van der Waals surface area contributed by atoms with E-state index in [-0.39, 0.29) is 40.7 Å². The molecule has 7 nitrogen and oxygen atoms in total. The Morgan fingerprint density at radius 1 is 1.06 bits per heavy atom. The van der Waals surface area contributed by atoms with E-state index in [0.717, 1.165) is 17.7 Å². The molecule has 0 amide bonds. The van der Waals surface area contributed by atoms with Gasteiger partial charge in [0.25, 0.3) is 0 Å². The van der Waals surface area contributed by atoms with Gasteiger partial charge in [-0.3, -0.25) is 4.79 Å². The van der Waals surface area contributed by atoms with Crippen molar-refractivity contribution in [1.29, 1.82) is 0 Å². The number of carboxylic acid groups (broad SMARTS) is 1. The number of aliphatic carboxylic acids is 1. The number of anilines is 1. The molecule has 4 N–H and O–H groups in total. The van der Waals surface area contributed by atoms with Crippen LogP contribution < -0.4 is 11.1 Å². The molecule has 0 spiro atoms. The van der Waals surface area contributed by atoms with Gasteiger partial charge in [0.05, 0.1) is 10.6 Å². The zero-order valence-electron chi connectivity index (χ0n) is 19.7. The van der Waals surface area contributed by atoms with E-state index in [9.17, 15) is 17.6 Å². The Kier molecular flexibility index (Phi) is 8.65. The number of rotatable bonds is 8. The van der Waals surface area contributed by atoms with Gasteiger partial charge in [-0.1, -0.05) is 57.2 Å². The summed E-state index contributed by atoms with van der Waals surface area (Å²) in [5.74, 6) is -1.65. The summed E-state index contributed by atoms with van der Waals surface area (Å²) in [7, 11) is -4.33. The number of sulfone groups is 1. The Balaban J connectivity index is 0.00000432. The monoisotopic (exact) mass is 521 g/mol. The number of pyridine rings is 1. The van der Waals surface area contributed by atoms with Crippen LogP contribution in [0.1, 0.15) is 37.6 Å². The van der Waals surface area contributed by atoms with Crippen molar-refractivity contribution < 1.29 is 22.7 Å². The number of nitrogens with two attached hydrogens (primary N) is 1. The van der Waals surface area contributed by atoms with Crippen LogP contribution in [0, 0.1) is 5.82 Å². The predicted octanol–water partition coefficient (Wildman–Crippen LogP) is 4.26. The summed E-state index contributed by atoms with van der Waals surface area (Å²) in [5, 5.41) is 11.6. The van der Waals surface area contributed by atoms with Crippen LogP contribution in [0.2, 0.25) is 0 Å². The van der Waals surface area contributed by atoms with Crippen molar-refractivity contribution in [3.05, 3.63) is 89.4 Å². The fourth-order valence-electron chi connectivity index (χ4n) is 3.53. The Morgan fingerprint density at radius 3 is 2.26 bits per heavy atom. The number of carbonyl (C=O) groups is 1. The van der Waals surface area contributed by atoms with Crippen molar-refractivity contribution >= 4 is 34.0 Å². The molecular weight excluding hydrogens is 493 g/mol. The number of halogens is 2. The molecule has 1 aromatic heterocycles. The largest absolute Gasteiger partial charge is 0.480 e. The van der Waals surface area contributed by atoms with Gasteiger partial charge in [0.2, 0.25) is 9.84 Å². The molecule has 188 valence electrons. The van der Waals surface area contributed by atoms with Crippen LogP contribution in [0.25, 0.3) is 0 Å². The highest BCUT2D eigenvalue weighted by molar-refractivity contribution is 7.92. The van der Waals surface area contributed by atoms with Gasteiger partial charge in [0.1, 0.15) is 18.2 Å². The van der Waals surface area contributed by atoms with Crippen molar-refractivity contribution in [1.82, 2.24) is 4.98 Å². The number of nitrogens with zero attached hydrogens (tertiary/aromatic N) is 1. The number of benzene rings is 2. The van der Waals surface area contributed by atoms with Crippen LogP contribution in [0.3, 0.4) is 0 Å². The molecule has 3 rings (SSSR count). The van der Waals surface area contributed by atoms with Gasteiger partial charge in [0.15, 0.2) is 4.87 Å². The van der Waals surface area contributed by atoms with Crippen molar-refractivity contribution in [3.63, 3.8) is 0 Å². The highest BCUT2D eigenvalue weighted by Gasteiger charge is 2.44. The minimum atomic E-state index is -4.33. The molecule has 0 saturated carbocycles. The van der Waals surface area contributed by atoms with Crippen LogP contribution in [0.5, 0.6) is 0 Å². The minimum absolute atomic E-state index is 0. The van der Waals surface area contributed by atoms with Gasteiger partial charge in [-0.2, -0.15) is 0 Å². The average Bonchev–Trinajstić information content (AvgIpc) is 2.77. The zero-order chi connectivity index (χ0) is 25.1. The fraction of sp³-hybridized carbons (Fsp3) is 0.280. The van der Waals surface area contributed by atoms with E-state index in [1.807, 2.05) is 24.3 Å². The molecule has 1 heterocycles. The molecule has 1 unspecified atom stereocenters. The molecule has 35 heavy (non-hydrogen) atoms. The fourth-order valence-corrected chi connectivity index (χ4v) is 5.22. The van der Waals surface area contributed by atoms with Crippen LogP contribution in [-0.4, -0.2) is 31.0 Å². The molecule has 1 atom stereocenters. The second-order valence-electron chi connectivity index (χ2n) is 9.13. The molecule has 0 aliphatic rings. The summed E-state index contributed by atoms with van der Waals surface area (Å²) in [6, 6.07) is 16.7. The van der Waals surface area contributed by atoms with E-state index < -0.39 is 33.0 Å². The quantitative estimate of drug-likeness (QED) is 0.404. The van der Waals surface area contributed by atoms with Crippen molar-refractivity contribution in [2.45, 2.75) is 42.4 Å². The van der Waals surface area contributed by atoms with Gasteiger partial charge in [-0.25, -0.2) is 17.8 Å². The van der Waals surface area contributed by atoms with E-state index >= 15 is 0 Å². The minimum Gasteiger partial charge on any atom is -0.480 e. The van der Waals surface area contributed by atoms with Gasteiger partial charge in [-0.15, -0.1) is 12.4 Å². The first-order valence-electron chi connectivity index (χ1n) is 10.6. The maximum Gasteiger partial charge on any atom is 0.322 e. The van der Waals surface area contributed by atoms with Crippen LogP contribution >= 0.6 is 12.4 Å². The molecule has 2 aromatic carbocycles. The summed E-state index contributed by atoms with van der Waals surface area (Å²) in [5.41, 5.74) is 8.29. The van der Waals surface area contributed by atoms with Gasteiger partial charge in [-0.05, 0) is 46.9 Å². The molecular formula is C25H29ClFN3O4S.